The lowest BCUT2D eigenvalue weighted by Gasteiger charge is -1.93. The van der Waals surface area contributed by atoms with Crippen LogP contribution in [0.25, 0.3) is 6.08 Å². The molecule has 0 fully saturated rings. The van der Waals surface area contributed by atoms with Gasteiger partial charge in [-0.2, -0.15) is 0 Å². The van der Waals surface area contributed by atoms with Crippen LogP contribution in [0.4, 0.5) is 0 Å². The molecule has 0 saturated carbocycles. The summed E-state index contributed by atoms with van der Waals surface area (Å²) in [6.07, 6.45) is 1.58. The van der Waals surface area contributed by atoms with Crippen molar-refractivity contribution in [3.05, 3.63) is 27.4 Å². The smallest absolute Gasteiger partial charge is 0.349 e. The highest BCUT2D eigenvalue weighted by molar-refractivity contribution is 7.10. The summed E-state index contributed by atoms with van der Waals surface area (Å²) >= 11 is 7.13. The molecule has 0 aliphatic heterocycles. The molecular formula is C8H7ClO2S. The molecule has 0 unspecified atom stereocenters. The third kappa shape index (κ3) is 2.36. The first kappa shape index (κ1) is 9.29. The van der Waals surface area contributed by atoms with E-state index < -0.39 is 5.97 Å². The molecule has 1 rings (SSSR count). The zero-order chi connectivity index (χ0) is 8.97. The lowest BCUT2D eigenvalue weighted by atomic mass is 10.4. The van der Waals surface area contributed by atoms with Crippen molar-refractivity contribution in [2.24, 2.45) is 0 Å². The molecule has 64 valence electrons. The normalized spacial score (nSPS) is 11.3. The quantitative estimate of drug-likeness (QED) is 0.544. The molecule has 0 spiro atoms. The van der Waals surface area contributed by atoms with Crippen molar-refractivity contribution in [1.82, 2.24) is 0 Å². The molecule has 0 bridgehead atoms. The van der Waals surface area contributed by atoms with Gasteiger partial charge in [-0.15, -0.1) is 11.3 Å². The maximum absolute atomic E-state index is 10.8. The molecular weight excluding hydrogens is 196 g/mol. The Hall–Kier alpha value is -0.800. The van der Waals surface area contributed by atoms with Crippen molar-refractivity contribution in [3.8, 4) is 0 Å². The van der Waals surface area contributed by atoms with Crippen LogP contribution in [0.5, 0.6) is 0 Å². The lowest BCUT2D eigenvalue weighted by Crippen LogP contribution is -1.98. The molecule has 0 radical (unpaired) electrons. The number of hydrogen-bond acceptors (Lipinski definition) is 3. The second-order valence-electron chi connectivity index (χ2n) is 2.00. The van der Waals surface area contributed by atoms with Gasteiger partial charge in [0.2, 0.25) is 0 Å². The van der Waals surface area contributed by atoms with E-state index in [1.54, 1.807) is 6.08 Å². The van der Waals surface area contributed by atoms with E-state index in [1.165, 1.54) is 18.4 Å². The van der Waals surface area contributed by atoms with Gasteiger partial charge < -0.3 is 4.74 Å². The van der Waals surface area contributed by atoms with Crippen molar-refractivity contribution >= 4 is 35.0 Å². The Morgan fingerprint density at radius 1 is 1.75 bits per heavy atom. The molecule has 0 saturated heterocycles. The van der Waals surface area contributed by atoms with E-state index in [0.717, 1.165) is 4.88 Å². The highest BCUT2D eigenvalue weighted by atomic mass is 35.5. The molecule has 4 heteroatoms. The lowest BCUT2D eigenvalue weighted by molar-refractivity contribution is -0.135. The van der Waals surface area contributed by atoms with Crippen LogP contribution < -0.4 is 0 Å². The van der Waals surface area contributed by atoms with E-state index in [9.17, 15) is 4.79 Å². The summed E-state index contributed by atoms with van der Waals surface area (Å²) in [4.78, 5) is 11.8. The average molecular weight is 203 g/mol. The molecule has 0 aromatic carbocycles. The average Bonchev–Trinajstić information content (AvgIpc) is 2.55. The van der Waals surface area contributed by atoms with Crippen LogP contribution in [0, 0.1) is 0 Å². The van der Waals surface area contributed by atoms with Gasteiger partial charge in [0.1, 0.15) is 5.03 Å². The van der Waals surface area contributed by atoms with E-state index in [-0.39, 0.29) is 5.03 Å². The molecule has 1 heterocycles. The summed E-state index contributed by atoms with van der Waals surface area (Å²) in [5, 5.41) is 2.01. The topological polar surface area (TPSA) is 26.3 Å². The molecule has 2 nitrogen and oxygen atoms in total. The number of thiophene rings is 1. The van der Waals surface area contributed by atoms with Gasteiger partial charge in [0.25, 0.3) is 0 Å². The van der Waals surface area contributed by atoms with Crippen LogP contribution in [0.15, 0.2) is 22.5 Å². The summed E-state index contributed by atoms with van der Waals surface area (Å²) in [7, 11) is 1.30. The van der Waals surface area contributed by atoms with Gasteiger partial charge in [-0.3, -0.25) is 0 Å². The van der Waals surface area contributed by atoms with Gasteiger partial charge in [0.15, 0.2) is 0 Å². The zero-order valence-electron chi connectivity index (χ0n) is 6.41. The largest absolute Gasteiger partial charge is 0.465 e. The molecule has 0 aliphatic carbocycles. The second kappa shape index (κ2) is 4.28. The van der Waals surface area contributed by atoms with E-state index in [1.807, 2.05) is 17.5 Å². The highest BCUT2D eigenvalue weighted by Gasteiger charge is 2.05. The number of hydrogen-bond donors (Lipinski definition) is 0. The van der Waals surface area contributed by atoms with Crippen molar-refractivity contribution in [3.63, 3.8) is 0 Å². The first-order valence-electron chi connectivity index (χ1n) is 3.23. The predicted molar refractivity (Wildman–Crippen MR) is 50.2 cm³/mol. The van der Waals surface area contributed by atoms with Crippen LogP contribution in [0.3, 0.4) is 0 Å². The Bertz CT molecular complexity index is 290. The fourth-order valence-corrected chi connectivity index (χ4v) is 1.57. The minimum Gasteiger partial charge on any atom is -0.465 e. The minimum absolute atomic E-state index is 0.0972. The third-order valence-corrected chi connectivity index (χ3v) is 2.28. The summed E-state index contributed by atoms with van der Waals surface area (Å²) in [5.74, 6) is -0.509. The van der Waals surface area contributed by atoms with Crippen molar-refractivity contribution in [1.29, 1.82) is 0 Å². The number of carbonyl (C=O) groups excluding carboxylic acids is 1. The number of rotatable bonds is 2. The molecule has 0 N–H and O–H groups in total. The third-order valence-electron chi connectivity index (χ3n) is 1.19. The number of methoxy groups -OCH3 is 1. The minimum atomic E-state index is -0.509. The van der Waals surface area contributed by atoms with Crippen molar-refractivity contribution < 1.29 is 9.53 Å². The number of ether oxygens (including phenoxy) is 1. The molecule has 1 aromatic rings. The van der Waals surface area contributed by atoms with E-state index in [0.29, 0.717) is 0 Å². The van der Waals surface area contributed by atoms with Crippen LogP contribution in [0.2, 0.25) is 0 Å². The van der Waals surface area contributed by atoms with Gasteiger partial charge in [0, 0.05) is 4.88 Å². The van der Waals surface area contributed by atoms with Crippen LogP contribution in [-0.4, -0.2) is 13.1 Å². The summed E-state index contributed by atoms with van der Waals surface area (Å²) in [6.45, 7) is 0. The highest BCUT2D eigenvalue weighted by Crippen LogP contribution is 2.15. The van der Waals surface area contributed by atoms with Gasteiger partial charge in [-0.1, -0.05) is 17.7 Å². The Balaban J connectivity index is 2.76. The van der Waals surface area contributed by atoms with E-state index >= 15 is 0 Å². The fourth-order valence-electron chi connectivity index (χ4n) is 0.655. The monoisotopic (exact) mass is 202 g/mol. The molecule has 1 aromatic heterocycles. The molecule has 0 aliphatic rings. The van der Waals surface area contributed by atoms with E-state index in [2.05, 4.69) is 4.74 Å². The first-order valence-corrected chi connectivity index (χ1v) is 4.49. The van der Waals surface area contributed by atoms with Crippen LogP contribution in [-0.2, 0) is 9.53 Å². The standard InChI is InChI=1S/C8H7ClO2S/c1-11-8(10)7(9)5-6-3-2-4-12-6/h2-5H,1H3/b7-5-. The molecule has 12 heavy (non-hydrogen) atoms. The van der Waals surface area contributed by atoms with Crippen molar-refractivity contribution in [2.75, 3.05) is 7.11 Å². The first-order chi connectivity index (χ1) is 5.74. The SMILES string of the molecule is COC(=O)/C(Cl)=C/c1cccs1. The zero-order valence-corrected chi connectivity index (χ0v) is 7.98. The summed E-state index contributed by atoms with van der Waals surface area (Å²) < 4.78 is 4.43. The Labute approximate surface area is 79.4 Å². The van der Waals surface area contributed by atoms with E-state index in [4.69, 9.17) is 11.6 Å². The van der Waals surface area contributed by atoms with Gasteiger partial charge in [-0.05, 0) is 17.5 Å². The predicted octanol–water partition coefficient (Wildman–Crippen LogP) is 2.50. The number of carbonyl (C=O) groups is 1. The Kier molecular flexibility index (Phi) is 3.31. The molecule has 0 atom stereocenters. The fraction of sp³-hybridized carbons (Fsp3) is 0.125. The Morgan fingerprint density at radius 2 is 2.50 bits per heavy atom. The maximum atomic E-state index is 10.8. The maximum Gasteiger partial charge on any atom is 0.349 e. The number of esters is 1. The number of halogens is 1. The van der Waals surface area contributed by atoms with Gasteiger partial charge in [0.05, 0.1) is 7.11 Å². The Morgan fingerprint density at radius 3 is 3.00 bits per heavy atom. The second-order valence-corrected chi connectivity index (χ2v) is 3.39. The van der Waals surface area contributed by atoms with Crippen LogP contribution >= 0.6 is 22.9 Å². The summed E-state index contributed by atoms with van der Waals surface area (Å²) in [5.41, 5.74) is 0. The van der Waals surface area contributed by atoms with Crippen LogP contribution in [0.1, 0.15) is 4.88 Å². The van der Waals surface area contributed by atoms with Gasteiger partial charge >= 0.3 is 5.97 Å². The van der Waals surface area contributed by atoms with Gasteiger partial charge in [-0.25, -0.2) is 4.79 Å². The summed E-state index contributed by atoms with van der Waals surface area (Å²) in [6, 6.07) is 3.76. The van der Waals surface area contributed by atoms with Crippen molar-refractivity contribution in [2.45, 2.75) is 0 Å². The molecule has 0 amide bonds.